The summed E-state index contributed by atoms with van der Waals surface area (Å²) in [4.78, 5) is 13.9. The highest BCUT2D eigenvalue weighted by atomic mass is 19.1. The van der Waals surface area contributed by atoms with Crippen LogP contribution in [0.2, 0.25) is 0 Å². The Morgan fingerprint density at radius 2 is 2.24 bits per heavy atom. The first-order valence-corrected chi connectivity index (χ1v) is 6.54. The van der Waals surface area contributed by atoms with Gasteiger partial charge in [0.1, 0.15) is 5.84 Å². The van der Waals surface area contributed by atoms with E-state index in [-0.39, 0.29) is 35.5 Å². The number of amidine groups is 1. The Kier molecular flexibility index (Phi) is 5.95. The minimum atomic E-state index is -0.594. The predicted molar refractivity (Wildman–Crippen MR) is 77.1 cm³/mol. The predicted octanol–water partition coefficient (Wildman–Crippen LogP) is 1.68. The molecule has 0 radical (unpaired) electrons. The highest BCUT2D eigenvalue weighted by molar-refractivity contribution is 5.94. The fourth-order valence-electron chi connectivity index (χ4n) is 1.86. The Hall–Kier alpha value is -2.31. The van der Waals surface area contributed by atoms with Crippen molar-refractivity contribution in [2.24, 2.45) is 16.8 Å². The number of benzene rings is 1. The van der Waals surface area contributed by atoms with Crippen LogP contribution in [0.1, 0.15) is 24.2 Å². The van der Waals surface area contributed by atoms with E-state index >= 15 is 0 Å². The van der Waals surface area contributed by atoms with Gasteiger partial charge in [0.2, 0.25) is 0 Å². The van der Waals surface area contributed by atoms with Crippen molar-refractivity contribution in [3.05, 3.63) is 29.6 Å². The van der Waals surface area contributed by atoms with Gasteiger partial charge in [-0.25, -0.2) is 4.39 Å². The van der Waals surface area contributed by atoms with Crippen LogP contribution in [0.15, 0.2) is 23.4 Å². The summed E-state index contributed by atoms with van der Waals surface area (Å²) < 4.78 is 18.5. The first-order chi connectivity index (χ1) is 9.94. The van der Waals surface area contributed by atoms with E-state index < -0.39 is 5.82 Å². The Morgan fingerprint density at radius 3 is 2.71 bits per heavy atom. The minimum absolute atomic E-state index is 0.0437. The zero-order chi connectivity index (χ0) is 16.0. The number of hydrogen-bond donors (Lipinski definition) is 2. The SMILES string of the molecule is CCN(CC(C)C(N)=NO)C(=O)c1ccc(OC)c(F)c1. The molecular weight excluding hydrogens is 277 g/mol. The quantitative estimate of drug-likeness (QED) is 0.362. The fraction of sp³-hybridized carbons (Fsp3) is 0.429. The van der Waals surface area contributed by atoms with E-state index in [1.54, 1.807) is 13.8 Å². The molecule has 1 unspecified atom stereocenters. The molecule has 1 rings (SSSR count). The molecule has 0 spiro atoms. The molecule has 0 saturated heterocycles. The number of methoxy groups -OCH3 is 1. The van der Waals surface area contributed by atoms with Gasteiger partial charge in [-0.1, -0.05) is 12.1 Å². The van der Waals surface area contributed by atoms with Crippen LogP contribution in [0.4, 0.5) is 4.39 Å². The van der Waals surface area contributed by atoms with Gasteiger partial charge < -0.3 is 20.6 Å². The molecule has 1 aromatic rings. The van der Waals surface area contributed by atoms with Crippen LogP contribution in [-0.2, 0) is 0 Å². The molecule has 0 aliphatic rings. The summed E-state index contributed by atoms with van der Waals surface area (Å²) >= 11 is 0. The molecule has 1 amide bonds. The second-order valence-corrected chi connectivity index (χ2v) is 4.62. The number of amides is 1. The zero-order valence-electron chi connectivity index (χ0n) is 12.3. The number of nitrogens with two attached hydrogens (primary N) is 1. The minimum Gasteiger partial charge on any atom is -0.494 e. The second kappa shape index (κ2) is 7.47. The lowest BCUT2D eigenvalue weighted by Crippen LogP contribution is -2.38. The first-order valence-electron chi connectivity index (χ1n) is 6.54. The molecule has 0 fully saturated rings. The normalized spacial score (nSPS) is 12.9. The van der Waals surface area contributed by atoms with E-state index in [4.69, 9.17) is 15.7 Å². The average molecular weight is 297 g/mol. The van der Waals surface area contributed by atoms with Crippen molar-refractivity contribution >= 4 is 11.7 Å². The molecule has 1 aromatic carbocycles. The van der Waals surface area contributed by atoms with Crippen molar-refractivity contribution in [3.63, 3.8) is 0 Å². The highest BCUT2D eigenvalue weighted by Crippen LogP contribution is 2.19. The van der Waals surface area contributed by atoms with Gasteiger partial charge in [0, 0.05) is 24.6 Å². The van der Waals surface area contributed by atoms with Crippen molar-refractivity contribution in [1.82, 2.24) is 4.90 Å². The summed E-state index contributed by atoms with van der Waals surface area (Å²) in [5.41, 5.74) is 5.73. The summed E-state index contributed by atoms with van der Waals surface area (Å²) in [5.74, 6) is -1.09. The molecule has 0 aromatic heterocycles. The van der Waals surface area contributed by atoms with Crippen LogP contribution in [0.5, 0.6) is 5.75 Å². The van der Waals surface area contributed by atoms with Gasteiger partial charge in [0.05, 0.1) is 7.11 Å². The van der Waals surface area contributed by atoms with Crippen molar-refractivity contribution < 1.29 is 19.1 Å². The van der Waals surface area contributed by atoms with Gasteiger partial charge in [0.25, 0.3) is 5.91 Å². The van der Waals surface area contributed by atoms with E-state index in [1.807, 2.05) is 0 Å². The van der Waals surface area contributed by atoms with E-state index in [0.717, 1.165) is 6.07 Å². The monoisotopic (exact) mass is 297 g/mol. The summed E-state index contributed by atoms with van der Waals surface area (Å²) in [7, 11) is 1.36. The van der Waals surface area contributed by atoms with Crippen LogP contribution >= 0.6 is 0 Å². The molecule has 1 atom stereocenters. The highest BCUT2D eigenvalue weighted by Gasteiger charge is 2.20. The number of hydrogen-bond acceptors (Lipinski definition) is 4. The van der Waals surface area contributed by atoms with Gasteiger partial charge in [-0.15, -0.1) is 0 Å². The third-order valence-electron chi connectivity index (χ3n) is 3.18. The lowest BCUT2D eigenvalue weighted by Gasteiger charge is -2.24. The maximum Gasteiger partial charge on any atom is 0.253 e. The lowest BCUT2D eigenvalue weighted by atomic mass is 10.1. The van der Waals surface area contributed by atoms with Crippen molar-refractivity contribution in [1.29, 1.82) is 0 Å². The average Bonchev–Trinajstić information content (AvgIpc) is 2.50. The number of oxime groups is 1. The molecule has 0 aliphatic heterocycles. The maximum atomic E-state index is 13.7. The van der Waals surface area contributed by atoms with Crippen molar-refractivity contribution in [2.45, 2.75) is 13.8 Å². The molecule has 116 valence electrons. The molecule has 0 heterocycles. The number of nitrogens with zero attached hydrogens (tertiary/aromatic N) is 2. The van der Waals surface area contributed by atoms with E-state index in [9.17, 15) is 9.18 Å². The molecule has 6 nitrogen and oxygen atoms in total. The smallest absolute Gasteiger partial charge is 0.253 e. The number of carbonyl (C=O) groups is 1. The Morgan fingerprint density at radius 1 is 1.57 bits per heavy atom. The van der Waals surface area contributed by atoms with E-state index in [2.05, 4.69) is 5.16 Å². The Balaban J connectivity index is 2.91. The van der Waals surface area contributed by atoms with Gasteiger partial charge in [-0.2, -0.15) is 0 Å². The molecule has 7 heteroatoms. The van der Waals surface area contributed by atoms with Crippen LogP contribution in [0.25, 0.3) is 0 Å². The summed E-state index contributed by atoms with van der Waals surface area (Å²) in [6.45, 7) is 4.24. The Labute approximate surface area is 123 Å². The Bertz CT molecular complexity index is 534. The molecule has 3 N–H and O–H groups in total. The number of rotatable bonds is 6. The lowest BCUT2D eigenvalue weighted by molar-refractivity contribution is 0.0753. The van der Waals surface area contributed by atoms with Crippen LogP contribution in [0, 0.1) is 11.7 Å². The molecule has 21 heavy (non-hydrogen) atoms. The summed E-state index contributed by atoms with van der Waals surface area (Å²) in [6.07, 6.45) is 0. The van der Waals surface area contributed by atoms with Gasteiger partial charge in [-0.05, 0) is 25.1 Å². The molecule has 0 bridgehead atoms. The topological polar surface area (TPSA) is 88.1 Å². The fourth-order valence-corrected chi connectivity index (χ4v) is 1.86. The summed E-state index contributed by atoms with van der Waals surface area (Å²) in [5, 5.41) is 11.6. The molecule has 0 saturated carbocycles. The first kappa shape index (κ1) is 16.7. The van der Waals surface area contributed by atoms with Crippen molar-refractivity contribution in [3.8, 4) is 5.75 Å². The zero-order valence-corrected chi connectivity index (χ0v) is 12.3. The molecule has 0 aliphatic carbocycles. The molecular formula is C14H20FN3O3. The van der Waals surface area contributed by atoms with Gasteiger partial charge in [-0.3, -0.25) is 4.79 Å². The van der Waals surface area contributed by atoms with Crippen LogP contribution in [0.3, 0.4) is 0 Å². The van der Waals surface area contributed by atoms with E-state index in [0.29, 0.717) is 6.54 Å². The largest absolute Gasteiger partial charge is 0.494 e. The maximum absolute atomic E-state index is 13.7. The van der Waals surface area contributed by atoms with Gasteiger partial charge >= 0.3 is 0 Å². The van der Waals surface area contributed by atoms with E-state index in [1.165, 1.54) is 24.1 Å². The number of ether oxygens (including phenoxy) is 1. The van der Waals surface area contributed by atoms with Gasteiger partial charge in [0.15, 0.2) is 11.6 Å². The third-order valence-corrected chi connectivity index (χ3v) is 3.18. The number of halogens is 1. The number of carbonyl (C=O) groups excluding carboxylic acids is 1. The third kappa shape index (κ3) is 4.08. The van der Waals surface area contributed by atoms with Crippen LogP contribution < -0.4 is 10.5 Å². The standard InChI is InChI=1S/C14H20FN3O3/c1-4-18(8-9(2)13(16)17-20)14(19)10-5-6-12(21-3)11(15)7-10/h5-7,9,20H,4,8H2,1-3H3,(H2,16,17). The second-order valence-electron chi connectivity index (χ2n) is 4.62. The van der Waals surface area contributed by atoms with Crippen molar-refractivity contribution in [2.75, 3.05) is 20.2 Å². The van der Waals surface area contributed by atoms with Crippen LogP contribution in [-0.4, -0.2) is 42.0 Å². The summed E-state index contributed by atoms with van der Waals surface area (Å²) in [6, 6.07) is 4.04.